The minimum Gasteiger partial charge on any atom is -0.321 e. The molecular formula is C19H16FNO. The smallest absolute Gasteiger partial charge is 0.194 e. The molecule has 0 aliphatic carbocycles. The van der Waals surface area contributed by atoms with Gasteiger partial charge < -0.3 is 4.57 Å². The highest BCUT2D eigenvalue weighted by Gasteiger charge is 2.12. The van der Waals surface area contributed by atoms with Crippen LogP contribution in [0.15, 0.2) is 60.9 Å². The van der Waals surface area contributed by atoms with E-state index in [9.17, 15) is 9.18 Å². The number of benzene rings is 2. The number of rotatable bonds is 3. The summed E-state index contributed by atoms with van der Waals surface area (Å²) in [6, 6.07) is 13.9. The molecule has 0 aliphatic heterocycles. The summed E-state index contributed by atoms with van der Waals surface area (Å²) in [5, 5.41) is 0. The van der Waals surface area contributed by atoms with Gasteiger partial charge in [0.2, 0.25) is 0 Å². The number of halogens is 1. The van der Waals surface area contributed by atoms with Gasteiger partial charge in [0.05, 0.1) is 5.69 Å². The van der Waals surface area contributed by atoms with Crippen LogP contribution in [0.4, 0.5) is 4.39 Å². The molecule has 0 fully saturated rings. The minimum absolute atomic E-state index is 0.0572. The molecule has 0 N–H and O–H groups in total. The summed E-state index contributed by atoms with van der Waals surface area (Å²) >= 11 is 0. The zero-order valence-corrected chi connectivity index (χ0v) is 12.5. The Morgan fingerprint density at radius 1 is 0.955 bits per heavy atom. The molecule has 2 nitrogen and oxygen atoms in total. The van der Waals surface area contributed by atoms with Crippen LogP contribution in [0.2, 0.25) is 0 Å². The first kappa shape index (κ1) is 14.3. The lowest BCUT2D eigenvalue weighted by molar-refractivity contribution is 0.103. The summed E-state index contributed by atoms with van der Waals surface area (Å²) < 4.78 is 15.4. The average molecular weight is 293 g/mol. The Balaban J connectivity index is 1.95. The Kier molecular flexibility index (Phi) is 3.63. The van der Waals surface area contributed by atoms with Gasteiger partial charge in [-0.05, 0) is 49.2 Å². The Hall–Kier alpha value is -2.68. The van der Waals surface area contributed by atoms with Gasteiger partial charge in [0.1, 0.15) is 5.82 Å². The van der Waals surface area contributed by atoms with Gasteiger partial charge in [0.25, 0.3) is 0 Å². The summed E-state index contributed by atoms with van der Waals surface area (Å²) in [7, 11) is 0. The Bertz CT molecular complexity index is 848. The number of carbonyl (C=O) groups is 1. The molecule has 1 heterocycles. The summed E-state index contributed by atoms with van der Waals surface area (Å²) in [6.07, 6.45) is 3.36. The maximum absolute atomic E-state index is 13.8. The lowest BCUT2D eigenvalue weighted by Gasteiger charge is -2.04. The molecule has 22 heavy (non-hydrogen) atoms. The second kappa shape index (κ2) is 5.60. The van der Waals surface area contributed by atoms with E-state index in [4.69, 9.17) is 0 Å². The second-order valence-electron chi connectivity index (χ2n) is 5.39. The van der Waals surface area contributed by atoms with Crippen LogP contribution < -0.4 is 0 Å². The lowest BCUT2D eigenvalue weighted by atomic mass is 10.0. The van der Waals surface area contributed by atoms with Crippen LogP contribution in [0.1, 0.15) is 27.0 Å². The normalized spacial score (nSPS) is 10.7. The van der Waals surface area contributed by atoms with E-state index in [0.717, 1.165) is 11.1 Å². The van der Waals surface area contributed by atoms with Gasteiger partial charge in [0, 0.05) is 23.5 Å². The third kappa shape index (κ3) is 2.58. The Morgan fingerprint density at radius 3 is 2.45 bits per heavy atom. The summed E-state index contributed by atoms with van der Waals surface area (Å²) in [4.78, 5) is 12.5. The van der Waals surface area contributed by atoms with Crippen LogP contribution >= 0.6 is 0 Å². The zero-order valence-electron chi connectivity index (χ0n) is 12.5. The number of para-hydroxylation sites is 1. The van der Waals surface area contributed by atoms with E-state index >= 15 is 0 Å². The number of carbonyl (C=O) groups excluding carboxylic acids is 1. The van der Waals surface area contributed by atoms with E-state index < -0.39 is 0 Å². The second-order valence-corrected chi connectivity index (χ2v) is 5.39. The van der Waals surface area contributed by atoms with Crippen molar-refractivity contribution in [2.75, 3.05) is 0 Å². The molecule has 0 saturated heterocycles. The standard InChI is InChI=1S/C19H16FNO/c1-13-7-8-15(11-14(13)2)19(22)16-9-10-21(12-16)18-6-4-3-5-17(18)20/h3-12H,1-2H3. The molecule has 3 heteroatoms. The molecular weight excluding hydrogens is 277 g/mol. The van der Waals surface area contributed by atoms with Crippen molar-refractivity contribution in [1.82, 2.24) is 4.57 Å². The summed E-state index contributed by atoms with van der Waals surface area (Å²) in [5.74, 6) is -0.374. The van der Waals surface area contributed by atoms with Gasteiger partial charge in [-0.2, -0.15) is 0 Å². The molecule has 0 aliphatic rings. The molecule has 3 aromatic rings. The highest BCUT2D eigenvalue weighted by Crippen LogP contribution is 2.18. The van der Waals surface area contributed by atoms with Crippen LogP contribution in [-0.4, -0.2) is 10.4 Å². The molecule has 0 bridgehead atoms. The lowest BCUT2D eigenvalue weighted by Crippen LogP contribution is -2.01. The third-order valence-electron chi connectivity index (χ3n) is 3.85. The van der Waals surface area contributed by atoms with Crippen molar-refractivity contribution in [2.45, 2.75) is 13.8 Å². The molecule has 0 atom stereocenters. The van der Waals surface area contributed by atoms with E-state index in [0.29, 0.717) is 16.8 Å². The van der Waals surface area contributed by atoms with Crippen molar-refractivity contribution in [3.05, 3.63) is 89.0 Å². The zero-order chi connectivity index (χ0) is 15.7. The first-order valence-corrected chi connectivity index (χ1v) is 7.11. The molecule has 0 radical (unpaired) electrons. The van der Waals surface area contributed by atoms with Gasteiger partial charge >= 0.3 is 0 Å². The number of hydrogen-bond donors (Lipinski definition) is 0. The molecule has 1 aromatic heterocycles. The number of nitrogens with zero attached hydrogens (tertiary/aromatic N) is 1. The average Bonchev–Trinajstić information content (AvgIpc) is 2.99. The third-order valence-corrected chi connectivity index (χ3v) is 3.85. The van der Waals surface area contributed by atoms with Crippen molar-refractivity contribution in [1.29, 1.82) is 0 Å². The van der Waals surface area contributed by atoms with Crippen molar-refractivity contribution in [2.24, 2.45) is 0 Å². The number of aromatic nitrogens is 1. The quantitative estimate of drug-likeness (QED) is 0.653. The van der Waals surface area contributed by atoms with Crippen LogP contribution in [-0.2, 0) is 0 Å². The van der Waals surface area contributed by atoms with Crippen LogP contribution in [0, 0.1) is 19.7 Å². The van der Waals surface area contributed by atoms with Crippen molar-refractivity contribution < 1.29 is 9.18 Å². The van der Waals surface area contributed by atoms with Gasteiger partial charge in [0.15, 0.2) is 5.78 Å². The molecule has 0 saturated carbocycles. The van der Waals surface area contributed by atoms with Crippen LogP contribution in [0.5, 0.6) is 0 Å². The topological polar surface area (TPSA) is 22.0 Å². The molecule has 3 rings (SSSR count). The fourth-order valence-corrected chi connectivity index (χ4v) is 2.39. The number of aryl methyl sites for hydroxylation is 2. The van der Waals surface area contributed by atoms with E-state index in [1.165, 1.54) is 6.07 Å². The van der Waals surface area contributed by atoms with Crippen molar-refractivity contribution >= 4 is 5.78 Å². The molecule has 110 valence electrons. The van der Waals surface area contributed by atoms with Gasteiger partial charge in [-0.3, -0.25) is 4.79 Å². The van der Waals surface area contributed by atoms with Gasteiger partial charge in [-0.15, -0.1) is 0 Å². The molecule has 0 amide bonds. The first-order chi connectivity index (χ1) is 10.6. The van der Waals surface area contributed by atoms with E-state index in [-0.39, 0.29) is 11.6 Å². The van der Waals surface area contributed by atoms with E-state index in [2.05, 4.69) is 0 Å². The first-order valence-electron chi connectivity index (χ1n) is 7.11. The predicted molar refractivity (Wildman–Crippen MR) is 85.1 cm³/mol. The van der Waals surface area contributed by atoms with Crippen molar-refractivity contribution in [3.8, 4) is 5.69 Å². The van der Waals surface area contributed by atoms with Crippen LogP contribution in [0.3, 0.4) is 0 Å². The van der Waals surface area contributed by atoms with Gasteiger partial charge in [-0.1, -0.05) is 24.3 Å². The summed E-state index contributed by atoms with van der Waals surface area (Å²) in [5.41, 5.74) is 3.86. The molecule has 2 aromatic carbocycles. The summed E-state index contributed by atoms with van der Waals surface area (Å²) in [6.45, 7) is 3.99. The van der Waals surface area contributed by atoms with Crippen LogP contribution in [0.25, 0.3) is 5.69 Å². The molecule has 0 unspecified atom stereocenters. The highest BCUT2D eigenvalue weighted by atomic mass is 19.1. The SMILES string of the molecule is Cc1ccc(C(=O)c2ccn(-c3ccccc3F)c2)cc1C. The monoisotopic (exact) mass is 293 g/mol. The maximum atomic E-state index is 13.8. The van der Waals surface area contributed by atoms with E-state index in [1.807, 2.05) is 32.0 Å². The number of ketones is 1. The van der Waals surface area contributed by atoms with Crippen molar-refractivity contribution in [3.63, 3.8) is 0 Å². The fraction of sp³-hybridized carbons (Fsp3) is 0.105. The molecule has 0 spiro atoms. The Labute approximate surface area is 128 Å². The number of hydrogen-bond acceptors (Lipinski definition) is 1. The Morgan fingerprint density at radius 2 is 1.73 bits per heavy atom. The van der Waals surface area contributed by atoms with Gasteiger partial charge in [-0.25, -0.2) is 4.39 Å². The predicted octanol–water partition coefficient (Wildman–Crippen LogP) is 4.46. The largest absolute Gasteiger partial charge is 0.321 e. The highest BCUT2D eigenvalue weighted by molar-refractivity contribution is 6.09. The van der Waals surface area contributed by atoms with E-state index in [1.54, 1.807) is 41.2 Å². The fourth-order valence-electron chi connectivity index (χ4n) is 2.39. The minimum atomic E-state index is -0.316. The maximum Gasteiger partial charge on any atom is 0.194 e.